The number of carbonyl (C=O) groups excluding carboxylic acids is 1. The Kier molecular flexibility index (Phi) is 3.89. The minimum atomic E-state index is -0.618. The Labute approximate surface area is 124 Å². The molecule has 0 saturated carbocycles. The number of hydrogen-bond acceptors (Lipinski definition) is 6. The van der Waals surface area contributed by atoms with E-state index < -0.39 is 5.76 Å². The summed E-state index contributed by atoms with van der Waals surface area (Å²) in [4.78, 5) is 26.4. The highest BCUT2D eigenvalue weighted by atomic mass is 32.1. The smallest absolute Gasteiger partial charge is 0.387 e. The highest BCUT2D eigenvalue weighted by Gasteiger charge is 2.23. The van der Waals surface area contributed by atoms with E-state index >= 15 is 0 Å². The number of carbonyl (C=O) groups is 1. The van der Waals surface area contributed by atoms with Crippen molar-refractivity contribution in [1.29, 1.82) is 0 Å². The number of nitrogens with zero attached hydrogens (tertiary/aromatic N) is 3. The van der Waals surface area contributed by atoms with Gasteiger partial charge in [-0.15, -0.1) is 16.4 Å². The summed E-state index contributed by atoms with van der Waals surface area (Å²) >= 11 is 1.42. The Morgan fingerprint density at radius 1 is 1.57 bits per heavy atom. The lowest BCUT2D eigenvalue weighted by Crippen LogP contribution is -2.46. The van der Waals surface area contributed by atoms with Gasteiger partial charge in [-0.2, -0.15) is 4.68 Å². The summed E-state index contributed by atoms with van der Waals surface area (Å²) in [6, 6.07) is 3.66. The third kappa shape index (κ3) is 3.06. The van der Waals surface area contributed by atoms with Crippen LogP contribution in [0.2, 0.25) is 0 Å². The first-order valence-electron chi connectivity index (χ1n) is 6.64. The molecule has 3 heterocycles. The summed E-state index contributed by atoms with van der Waals surface area (Å²) in [6.07, 6.45) is 0.0124. The maximum Gasteiger partial charge on any atom is 0.437 e. The first-order valence-corrected chi connectivity index (χ1v) is 7.52. The van der Waals surface area contributed by atoms with E-state index in [1.807, 2.05) is 24.4 Å². The maximum atomic E-state index is 12.2. The van der Waals surface area contributed by atoms with E-state index in [1.54, 1.807) is 4.90 Å². The Balaban J connectivity index is 1.73. The van der Waals surface area contributed by atoms with Crippen LogP contribution in [0.5, 0.6) is 0 Å². The van der Waals surface area contributed by atoms with Gasteiger partial charge in [0.25, 0.3) is 5.89 Å². The molecule has 1 aliphatic rings. The van der Waals surface area contributed by atoms with E-state index in [-0.39, 0.29) is 24.4 Å². The molecule has 0 aromatic carbocycles. The molecule has 1 unspecified atom stereocenters. The van der Waals surface area contributed by atoms with Crippen LogP contribution in [0.15, 0.2) is 26.7 Å². The maximum absolute atomic E-state index is 12.2. The van der Waals surface area contributed by atoms with Gasteiger partial charge in [0.15, 0.2) is 0 Å². The monoisotopic (exact) mass is 309 g/mol. The average molecular weight is 309 g/mol. The van der Waals surface area contributed by atoms with Gasteiger partial charge in [0.2, 0.25) is 5.91 Å². The SMILES string of the molecule is CC1CN(C(=O)Cn2nc(-c3cccs3)oc2=O)CCO1. The largest absolute Gasteiger partial charge is 0.437 e. The molecule has 0 N–H and O–H groups in total. The van der Waals surface area contributed by atoms with E-state index in [9.17, 15) is 9.59 Å². The van der Waals surface area contributed by atoms with Gasteiger partial charge < -0.3 is 14.1 Å². The molecule has 3 rings (SSSR count). The first-order chi connectivity index (χ1) is 10.1. The lowest BCUT2D eigenvalue weighted by atomic mass is 10.3. The molecule has 8 heteroatoms. The lowest BCUT2D eigenvalue weighted by molar-refractivity contribution is -0.139. The van der Waals surface area contributed by atoms with Crippen molar-refractivity contribution in [2.24, 2.45) is 0 Å². The Hall–Kier alpha value is -1.93. The fourth-order valence-corrected chi connectivity index (χ4v) is 2.82. The Bertz CT molecular complexity index is 676. The molecule has 112 valence electrons. The van der Waals surface area contributed by atoms with Crippen LogP contribution in [0.25, 0.3) is 10.8 Å². The van der Waals surface area contributed by atoms with Gasteiger partial charge in [-0.05, 0) is 18.4 Å². The van der Waals surface area contributed by atoms with Gasteiger partial charge in [-0.3, -0.25) is 4.79 Å². The molecule has 1 atom stereocenters. The summed E-state index contributed by atoms with van der Waals surface area (Å²) < 4.78 is 11.5. The predicted octanol–water partition coefficient (Wildman–Crippen LogP) is 0.812. The van der Waals surface area contributed by atoms with Gasteiger partial charge >= 0.3 is 5.76 Å². The van der Waals surface area contributed by atoms with E-state index in [4.69, 9.17) is 9.15 Å². The van der Waals surface area contributed by atoms with Crippen molar-refractivity contribution in [2.75, 3.05) is 19.7 Å². The highest BCUT2D eigenvalue weighted by Crippen LogP contribution is 2.21. The van der Waals surface area contributed by atoms with E-state index in [0.717, 1.165) is 9.56 Å². The second-order valence-corrected chi connectivity index (χ2v) is 5.78. The molecular formula is C13H15N3O4S. The van der Waals surface area contributed by atoms with Crippen molar-refractivity contribution in [3.05, 3.63) is 28.1 Å². The summed E-state index contributed by atoms with van der Waals surface area (Å²) in [5.41, 5.74) is 0. The van der Waals surface area contributed by atoms with Crippen molar-refractivity contribution >= 4 is 17.2 Å². The average Bonchev–Trinajstić information content (AvgIpc) is 3.09. The zero-order valence-corrected chi connectivity index (χ0v) is 12.3. The molecule has 2 aromatic heterocycles. The number of hydrogen-bond donors (Lipinski definition) is 0. The number of ether oxygens (including phenoxy) is 1. The molecule has 1 aliphatic heterocycles. The molecule has 0 radical (unpaired) electrons. The molecule has 0 bridgehead atoms. The Morgan fingerprint density at radius 2 is 2.43 bits per heavy atom. The summed E-state index contributed by atoms with van der Waals surface area (Å²) in [7, 11) is 0. The van der Waals surface area contributed by atoms with Crippen molar-refractivity contribution in [2.45, 2.75) is 19.6 Å². The van der Waals surface area contributed by atoms with Crippen LogP contribution in [0.1, 0.15) is 6.92 Å². The third-order valence-corrected chi connectivity index (χ3v) is 4.07. The molecule has 0 spiro atoms. The summed E-state index contributed by atoms with van der Waals surface area (Å²) in [5.74, 6) is -0.524. The fourth-order valence-electron chi connectivity index (χ4n) is 2.18. The highest BCUT2D eigenvalue weighted by molar-refractivity contribution is 7.13. The number of amides is 1. The molecule has 21 heavy (non-hydrogen) atoms. The first kappa shape index (κ1) is 14.0. The van der Waals surface area contributed by atoms with Gasteiger partial charge in [-0.1, -0.05) is 6.07 Å². The van der Waals surface area contributed by atoms with Crippen LogP contribution < -0.4 is 5.76 Å². The molecule has 7 nitrogen and oxygen atoms in total. The number of aromatic nitrogens is 2. The fraction of sp³-hybridized carbons (Fsp3) is 0.462. The predicted molar refractivity (Wildman–Crippen MR) is 76.1 cm³/mol. The zero-order chi connectivity index (χ0) is 14.8. The minimum Gasteiger partial charge on any atom is -0.387 e. The molecule has 1 fully saturated rings. The van der Waals surface area contributed by atoms with Crippen molar-refractivity contribution < 1.29 is 13.9 Å². The zero-order valence-electron chi connectivity index (χ0n) is 11.5. The van der Waals surface area contributed by atoms with Gasteiger partial charge in [0.1, 0.15) is 6.54 Å². The minimum absolute atomic E-state index is 0.0124. The standard InChI is InChI=1S/C13H15N3O4S/c1-9-7-15(4-5-19-9)11(17)8-16-13(18)20-12(14-16)10-3-2-6-21-10/h2-3,6,9H,4-5,7-8H2,1H3. The number of morpholine rings is 1. The molecule has 1 amide bonds. The molecule has 1 saturated heterocycles. The lowest BCUT2D eigenvalue weighted by Gasteiger charge is -2.30. The quantitative estimate of drug-likeness (QED) is 0.838. The van der Waals surface area contributed by atoms with Gasteiger partial charge in [-0.25, -0.2) is 4.79 Å². The van der Waals surface area contributed by atoms with E-state index in [1.165, 1.54) is 11.3 Å². The summed E-state index contributed by atoms with van der Waals surface area (Å²) in [6.45, 7) is 3.38. The second-order valence-electron chi connectivity index (χ2n) is 4.83. The molecular weight excluding hydrogens is 294 g/mol. The van der Waals surface area contributed by atoms with Crippen molar-refractivity contribution in [3.8, 4) is 10.8 Å². The third-order valence-electron chi connectivity index (χ3n) is 3.22. The number of rotatable bonds is 3. The van der Waals surface area contributed by atoms with E-state index in [2.05, 4.69) is 5.10 Å². The van der Waals surface area contributed by atoms with E-state index in [0.29, 0.717) is 19.7 Å². The van der Waals surface area contributed by atoms with Crippen LogP contribution in [-0.2, 0) is 16.1 Å². The van der Waals surface area contributed by atoms with Crippen molar-refractivity contribution in [1.82, 2.24) is 14.7 Å². The van der Waals surface area contributed by atoms with Crippen LogP contribution in [0, 0.1) is 0 Å². The Morgan fingerprint density at radius 3 is 3.14 bits per heavy atom. The molecule has 2 aromatic rings. The van der Waals surface area contributed by atoms with Crippen LogP contribution >= 0.6 is 11.3 Å². The van der Waals surface area contributed by atoms with Gasteiger partial charge in [0.05, 0.1) is 17.6 Å². The molecule has 0 aliphatic carbocycles. The number of thiophene rings is 1. The van der Waals surface area contributed by atoms with Gasteiger partial charge in [0, 0.05) is 13.1 Å². The van der Waals surface area contributed by atoms with Crippen molar-refractivity contribution in [3.63, 3.8) is 0 Å². The summed E-state index contributed by atoms with van der Waals surface area (Å²) in [5, 5.41) is 5.94. The second kappa shape index (κ2) is 5.82. The van der Waals surface area contributed by atoms with Crippen LogP contribution in [0.3, 0.4) is 0 Å². The topological polar surface area (TPSA) is 77.6 Å². The van der Waals surface area contributed by atoms with Crippen LogP contribution in [0.4, 0.5) is 0 Å². The van der Waals surface area contributed by atoms with Crippen LogP contribution in [-0.4, -0.2) is 46.4 Å². The normalized spacial score (nSPS) is 18.9.